The summed E-state index contributed by atoms with van der Waals surface area (Å²) in [6.07, 6.45) is 0. The fourth-order valence-corrected chi connectivity index (χ4v) is 3.21. The van der Waals surface area contributed by atoms with E-state index in [-0.39, 0.29) is 5.82 Å². The van der Waals surface area contributed by atoms with Crippen LogP contribution in [0, 0.1) is 5.82 Å². The molecule has 0 aliphatic rings. The molecule has 0 aromatic heterocycles. The highest BCUT2D eigenvalue weighted by Crippen LogP contribution is 2.26. The minimum atomic E-state index is -0.198. The van der Waals surface area contributed by atoms with Gasteiger partial charge in [-0.25, -0.2) is 4.39 Å². The van der Waals surface area contributed by atoms with Crippen molar-refractivity contribution < 1.29 is 4.39 Å². The highest BCUT2D eigenvalue weighted by molar-refractivity contribution is 9.10. The Kier molecular flexibility index (Phi) is 4.99. The minimum Gasteiger partial charge on any atom is -0.370 e. The Morgan fingerprint density at radius 3 is 2.37 bits per heavy atom. The SMILES string of the molecule is CN(Cc1ccc(F)cc1)c1ccc(CBr)c(Br)c1. The first kappa shape index (κ1) is 14.5. The molecule has 0 radical (unpaired) electrons. The van der Waals surface area contributed by atoms with E-state index in [1.165, 1.54) is 17.7 Å². The van der Waals surface area contributed by atoms with Gasteiger partial charge >= 0.3 is 0 Å². The summed E-state index contributed by atoms with van der Waals surface area (Å²) in [5, 5.41) is 0.829. The van der Waals surface area contributed by atoms with Crippen LogP contribution in [0.4, 0.5) is 10.1 Å². The Bertz CT molecular complexity index is 555. The maximum atomic E-state index is 12.9. The van der Waals surface area contributed by atoms with Crippen LogP contribution in [0.5, 0.6) is 0 Å². The van der Waals surface area contributed by atoms with Crippen LogP contribution in [0.2, 0.25) is 0 Å². The van der Waals surface area contributed by atoms with E-state index in [2.05, 4.69) is 55.0 Å². The van der Waals surface area contributed by atoms with Crippen molar-refractivity contribution in [2.24, 2.45) is 0 Å². The number of hydrogen-bond acceptors (Lipinski definition) is 1. The van der Waals surface area contributed by atoms with Crippen molar-refractivity contribution in [2.75, 3.05) is 11.9 Å². The number of hydrogen-bond donors (Lipinski definition) is 0. The highest BCUT2D eigenvalue weighted by Gasteiger charge is 2.05. The molecule has 0 bridgehead atoms. The molecule has 100 valence electrons. The van der Waals surface area contributed by atoms with Gasteiger partial charge in [0.15, 0.2) is 0 Å². The number of rotatable bonds is 4. The topological polar surface area (TPSA) is 3.24 Å². The average molecular weight is 387 g/mol. The maximum absolute atomic E-state index is 12.9. The molecule has 0 fully saturated rings. The van der Waals surface area contributed by atoms with Crippen LogP contribution in [-0.2, 0) is 11.9 Å². The van der Waals surface area contributed by atoms with E-state index in [4.69, 9.17) is 0 Å². The fraction of sp³-hybridized carbons (Fsp3) is 0.200. The van der Waals surface area contributed by atoms with Gasteiger partial charge < -0.3 is 4.90 Å². The monoisotopic (exact) mass is 385 g/mol. The molecule has 0 saturated heterocycles. The van der Waals surface area contributed by atoms with Crippen LogP contribution in [0.3, 0.4) is 0 Å². The molecule has 0 heterocycles. The zero-order valence-electron chi connectivity index (χ0n) is 10.5. The molecule has 0 atom stereocenters. The molecule has 0 aliphatic heterocycles. The summed E-state index contributed by atoms with van der Waals surface area (Å²) in [6, 6.07) is 12.9. The summed E-state index contributed by atoms with van der Waals surface area (Å²) in [6.45, 7) is 0.750. The molecule has 0 saturated carbocycles. The van der Waals surface area contributed by atoms with Gasteiger partial charge in [0, 0.05) is 29.1 Å². The highest BCUT2D eigenvalue weighted by atomic mass is 79.9. The summed E-state index contributed by atoms with van der Waals surface area (Å²) >= 11 is 7.02. The third-order valence-electron chi connectivity index (χ3n) is 2.95. The van der Waals surface area contributed by atoms with E-state index in [1.54, 1.807) is 0 Å². The van der Waals surface area contributed by atoms with E-state index in [1.807, 2.05) is 19.2 Å². The molecule has 4 heteroatoms. The summed E-state index contributed by atoms with van der Waals surface area (Å²) < 4.78 is 13.9. The van der Waals surface area contributed by atoms with Gasteiger partial charge in [-0.2, -0.15) is 0 Å². The average Bonchev–Trinajstić information content (AvgIpc) is 2.41. The first-order chi connectivity index (χ1) is 9.10. The van der Waals surface area contributed by atoms with Crippen molar-refractivity contribution in [3.8, 4) is 0 Å². The van der Waals surface area contributed by atoms with Gasteiger partial charge in [0.25, 0.3) is 0 Å². The van der Waals surface area contributed by atoms with Gasteiger partial charge in [-0.15, -0.1) is 0 Å². The molecule has 19 heavy (non-hydrogen) atoms. The molecule has 0 N–H and O–H groups in total. The minimum absolute atomic E-state index is 0.198. The summed E-state index contributed by atoms with van der Waals surface area (Å²) in [5.74, 6) is -0.198. The molecule has 2 aromatic carbocycles. The molecule has 0 amide bonds. The van der Waals surface area contributed by atoms with Crippen LogP contribution >= 0.6 is 31.9 Å². The predicted octanol–water partition coefficient (Wildman–Crippen LogP) is 5.12. The summed E-state index contributed by atoms with van der Waals surface area (Å²) in [4.78, 5) is 2.13. The largest absolute Gasteiger partial charge is 0.370 e. The number of anilines is 1. The van der Waals surface area contributed by atoms with E-state index in [0.29, 0.717) is 0 Å². The van der Waals surface area contributed by atoms with Crippen molar-refractivity contribution in [1.82, 2.24) is 0 Å². The number of halogens is 3. The zero-order chi connectivity index (χ0) is 13.8. The molecular formula is C15H14Br2FN. The van der Waals surface area contributed by atoms with Gasteiger partial charge in [-0.1, -0.05) is 50.1 Å². The van der Waals surface area contributed by atoms with Crippen LogP contribution in [0.15, 0.2) is 46.9 Å². The van der Waals surface area contributed by atoms with Gasteiger partial charge in [0.05, 0.1) is 0 Å². The summed E-state index contributed by atoms with van der Waals surface area (Å²) in [5.41, 5.74) is 3.43. The number of benzene rings is 2. The number of nitrogens with zero attached hydrogens (tertiary/aromatic N) is 1. The van der Waals surface area contributed by atoms with E-state index in [9.17, 15) is 4.39 Å². The third kappa shape index (κ3) is 3.80. The lowest BCUT2D eigenvalue weighted by atomic mass is 10.2. The van der Waals surface area contributed by atoms with Crippen LogP contribution in [0.1, 0.15) is 11.1 Å². The van der Waals surface area contributed by atoms with Crippen LogP contribution in [0.25, 0.3) is 0 Å². The third-order valence-corrected chi connectivity index (χ3v) is 4.30. The molecule has 0 aliphatic carbocycles. The molecular weight excluding hydrogens is 373 g/mol. The van der Waals surface area contributed by atoms with Gasteiger partial charge in [0.1, 0.15) is 5.82 Å². The van der Waals surface area contributed by atoms with Crippen LogP contribution < -0.4 is 4.90 Å². The van der Waals surface area contributed by atoms with E-state index >= 15 is 0 Å². The normalized spacial score (nSPS) is 10.5. The van der Waals surface area contributed by atoms with E-state index < -0.39 is 0 Å². The first-order valence-electron chi connectivity index (χ1n) is 5.90. The maximum Gasteiger partial charge on any atom is 0.123 e. The van der Waals surface area contributed by atoms with Gasteiger partial charge in [-0.3, -0.25) is 0 Å². The standard InChI is InChI=1S/C15H14Br2FN/c1-19(10-11-2-5-13(18)6-3-11)14-7-4-12(9-16)15(17)8-14/h2-8H,9-10H2,1H3. The van der Waals surface area contributed by atoms with Crippen molar-refractivity contribution >= 4 is 37.5 Å². The van der Waals surface area contributed by atoms with Gasteiger partial charge in [0.2, 0.25) is 0 Å². The first-order valence-corrected chi connectivity index (χ1v) is 7.81. The van der Waals surface area contributed by atoms with Crippen molar-refractivity contribution in [2.45, 2.75) is 11.9 Å². The lowest BCUT2D eigenvalue weighted by Gasteiger charge is -2.20. The molecule has 2 rings (SSSR count). The smallest absolute Gasteiger partial charge is 0.123 e. The molecule has 0 spiro atoms. The van der Waals surface area contributed by atoms with Crippen LogP contribution in [-0.4, -0.2) is 7.05 Å². The lowest BCUT2D eigenvalue weighted by Crippen LogP contribution is -2.16. The second-order valence-electron chi connectivity index (χ2n) is 4.39. The summed E-state index contributed by atoms with van der Waals surface area (Å²) in [7, 11) is 2.03. The Labute approximate surface area is 129 Å². The van der Waals surface area contributed by atoms with E-state index in [0.717, 1.165) is 27.6 Å². The molecule has 1 nitrogen and oxygen atoms in total. The zero-order valence-corrected chi connectivity index (χ0v) is 13.7. The van der Waals surface area contributed by atoms with Crippen molar-refractivity contribution in [3.63, 3.8) is 0 Å². The Hall–Kier alpha value is -0.870. The lowest BCUT2D eigenvalue weighted by molar-refractivity contribution is 0.627. The number of alkyl halides is 1. The predicted molar refractivity (Wildman–Crippen MR) is 85.3 cm³/mol. The second kappa shape index (κ2) is 6.53. The Balaban J connectivity index is 2.13. The van der Waals surface area contributed by atoms with Gasteiger partial charge in [-0.05, 0) is 35.4 Å². The Morgan fingerprint density at radius 1 is 1.11 bits per heavy atom. The van der Waals surface area contributed by atoms with Crippen molar-refractivity contribution in [3.05, 3.63) is 63.9 Å². The molecule has 0 unspecified atom stereocenters. The second-order valence-corrected chi connectivity index (χ2v) is 5.81. The fourth-order valence-electron chi connectivity index (χ4n) is 1.84. The molecule has 2 aromatic rings. The Morgan fingerprint density at radius 2 is 1.79 bits per heavy atom. The quantitative estimate of drug-likeness (QED) is 0.659. The van der Waals surface area contributed by atoms with Crippen molar-refractivity contribution in [1.29, 1.82) is 0 Å².